The lowest BCUT2D eigenvalue weighted by Crippen LogP contribution is -2.54. The van der Waals surface area contributed by atoms with E-state index < -0.39 is 40.2 Å². The van der Waals surface area contributed by atoms with E-state index in [0.29, 0.717) is 17.9 Å². The summed E-state index contributed by atoms with van der Waals surface area (Å²) in [7, 11) is -4.41. The molecule has 1 fully saturated rings. The van der Waals surface area contributed by atoms with Gasteiger partial charge in [0.2, 0.25) is 11.8 Å². The smallest absolute Gasteiger partial charge is 0.264 e. The van der Waals surface area contributed by atoms with E-state index in [-0.39, 0.29) is 47.9 Å². The third kappa shape index (κ3) is 7.73. The first-order valence-electron chi connectivity index (χ1n) is 15.2. The summed E-state index contributed by atoms with van der Waals surface area (Å²) in [6.45, 7) is 1.61. The van der Waals surface area contributed by atoms with Crippen molar-refractivity contribution in [2.75, 3.05) is 24.1 Å². The van der Waals surface area contributed by atoms with Crippen LogP contribution < -0.4 is 19.1 Å². The molecule has 0 spiro atoms. The number of hydrogen-bond acceptors (Lipinski definition) is 6. The number of halogens is 2. The molecule has 1 heterocycles. The number of nitrogens with zero attached hydrogens (tertiary/aromatic N) is 2. The molecule has 0 unspecified atom stereocenters. The molecule has 2 aliphatic rings. The van der Waals surface area contributed by atoms with Crippen molar-refractivity contribution in [1.82, 2.24) is 10.2 Å². The highest BCUT2D eigenvalue weighted by Gasteiger charge is 2.35. The van der Waals surface area contributed by atoms with Crippen LogP contribution in [0.15, 0.2) is 71.6 Å². The Morgan fingerprint density at radius 2 is 1.51 bits per heavy atom. The van der Waals surface area contributed by atoms with Crippen molar-refractivity contribution in [2.24, 2.45) is 0 Å². The van der Waals surface area contributed by atoms with Crippen LogP contribution in [0.3, 0.4) is 0 Å². The zero-order valence-corrected chi connectivity index (χ0v) is 25.9. The minimum absolute atomic E-state index is 0.00521. The normalized spacial score (nSPS) is 15.6. The lowest BCUT2D eigenvalue weighted by molar-refractivity contribution is -0.140. The van der Waals surface area contributed by atoms with E-state index >= 15 is 0 Å². The summed E-state index contributed by atoms with van der Waals surface area (Å²) in [5, 5.41) is 3.08. The molecular weight excluding hydrogens is 604 g/mol. The zero-order chi connectivity index (χ0) is 32.0. The molecule has 45 heavy (non-hydrogen) atoms. The maximum atomic E-state index is 14.2. The van der Waals surface area contributed by atoms with Gasteiger partial charge in [-0.15, -0.1) is 0 Å². The average Bonchev–Trinajstić information content (AvgIpc) is 3.05. The predicted octanol–water partition coefficient (Wildman–Crippen LogP) is 5.19. The van der Waals surface area contributed by atoms with Gasteiger partial charge in [-0.1, -0.05) is 38.3 Å². The third-order valence-corrected chi connectivity index (χ3v) is 9.87. The fourth-order valence-electron chi connectivity index (χ4n) is 5.70. The molecule has 2 amide bonds. The second-order valence-corrected chi connectivity index (χ2v) is 13.1. The van der Waals surface area contributed by atoms with Gasteiger partial charge in [0.25, 0.3) is 10.0 Å². The van der Waals surface area contributed by atoms with Crippen molar-refractivity contribution < 1.29 is 36.3 Å². The van der Waals surface area contributed by atoms with Crippen LogP contribution in [-0.4, -0.2) is 57.0 Å². The van der Waals surface area contributed by atoms with Crippen molar-refractivity contribution in [1.29, 1.82) is 0 Å². The third-order valence-electron chi connectivity index (χ3n) is 8.10. The zero-order valence-electron chi connectivity index (χ0n) is 25.1. The van der Waals surface area contributed by atoms with Crippen molar-refractivity contribution in [3.63, 3.8) is 0 Å². The highest BCUT2D eigenvalue weighted by molar-refractivity contribution is 7.92. The molecule has 0 saturated heterocycles. The van der Waals surface area contributed by atoms with Crippen molar-refractivity contribution in [3.8, 4) is 11.5 Å². The molecule has 0 radical (unpaired) electrons. The molecule has 0 aromatic heterocycles. The lowest BCUT2D eigenvalue weighted by Gasteiger charge is -2.34. The van der Waals surface area contributed by atoms with Crippen LogP contribution in [0, 0.1) is 11.6 Å². The Labute approximate surface area is 262 Å². The van der Waals surface area contributed by atoms with Gasteiger partial charge in [-0.25, -0.2) is 17.2 Å². The van der Waals surface area contributed by atoms with Gasteiger partial charge in [0.15, 0.2) is 11.5 Å². The SMILES string of the molecule is CC[C@@H](C(=O)NC1CCCCC1)N(Cc1ccc(F)cc1)C(=O)CN(c1ccc(F)cc1)S(=O)(=O)c1ccc2c(c1)OCCO2. The topological polar surface area (TPSA) is 105 Å². The van der Waals surface area contributed by atoms with Gasteiger partial charge < -0.3 is 19.7 Å². The summed E-state index contributed by atoms with van der Waals surface area (Å²) in [5.74, 6) is -1.38. The van der Waals surface area contributed by atoms with Crippen LogP contribution >= 0.6 is 0 Å². The van der Waals surface area contributed by atoms with E-state index in [9.17, 15) is 26.8 Å². The van der Waals surface area contributed by atoms with E-state index in [2.05, 4.69) is 5.32 Å². The molecule has 3 aromatic carbocycles. The minimum atomic E-state index is -4.41. The largest absolute Gasteiger partial charge is 0.486 e. The molecule has 0 bridgehead atoms. The van der Waals surface area contributed by atoms with Gasteiger partial charge in [0, 0.05) is 18.7 Å². The number of carbonyl (C=O) groups is 2. The number of ether oxygens (including phenoxy) is 2. The summed E-state index contributed by atoms with van der Waals surface area (Å²) < 4.78 is 67.9. The van der Waals surface area contributed by atoms with Crippen molar-refractivity contribution in [3.05, 3.63) is 83.9 Å². The number of rotatable bonds is 11. The van der Waals surface area contributed by atoms with E-state index in [1.165, 1.54) is 59.5 Å². The lowest BCUT2D eigenvalue weighted by atomic mass is 9.95. The first kappa shape index (κ1) is 32.2. The highest BCUT2D eigenvalue weighted by Crippen LogP contribution is 2.34. The number of carbonyl (C=O) groups excluding carboxylic acids is 2. The highest BCUT2D eigenvalue weighted by atomic mass is 32.2. The monoisotopic (exact) mass is 641 g/mol. The molecule has 1 N–H and O–H groups in total. The maximum Gasteiger partial charge on any atom is 0.264 e. The predicted molar refractivity (Wildman–Crippen MR) is 164 cm³/mol. The molecule has 12 heteroatoms. The fourth-order valence-corrected chi connectivity index (χ4v) is 7.13. The summed E-state index contributed by atoms with van der Waals surface area (Å²) in [4.78, 5) is 29.0. The number of sulfonamides is 1. The van der Waals surface area contributed by atoms with Crippen LogP contribution in [0.1, 0.15) is 51.0 Å². The van der Waals surface area contributed by atoms with Crippen molar-refractivity contribution >= 4 is 27.5 Å². The Morgan fingerprint density at radius 1 is 0.889 bits per heavy atom. The van der Waals surface area contributed by atoms with Crippen LogP contribution in [-0.2, 0) is 26.2 Å². The van der Waals surface area contributed by atoms with Gasteiger partial charge in [0.05, 0.1) is 10.6 Å². The summed E-state index contributed by atoms with van der Waals surface area (Å²) >= 11 is 0. The van der Waals surface area contributed by atoms with Gasteiger partial charge in [-0.05, 0) is 73.4 Å². The Hall–Kier alpha value is -4.19. The molecule has 9 nitrogen and oxygen atoms in total. The molecule has 3 aromatic rings. The number of hydrogen-bond donors (Lipinski definition) is 1. The average molecular weight is 642 g/mol. The van der Waals surface area contributed by atoms with Crippen LogP contribution in [0.2, 0.25) is 0 Å². The van der Waals surface area contributed by atoms with E-state index in [0.717, 1.165) is 48.5 Å². The van der Waals surface area contributed by atoms with Crippen LogP contribution in [0.25, 0.3) is 0 Å². The molecule has 240 valence electrons. The summed E-state index contributed by atoms with van der Waals surface area (Å²) in [6, 6.07) is 13.6. The Kier molecular flexibility index (Phi) is 10.2. The van der Waals surface area contributed by atoms with Gasteiger partial charge >= 0.3 is 0 Å². The molecule has 5 rings (SSSR count). The second kappa shape index (κ2) is 14.3. The quantitative estimate of drug-likeness (QED) is 0.309. The van der Waals surface area contributed by atoms with E-state index in [1.807, 2.05) is 0 Å². The van der Waals surface area contributed by atoms with E-state index in [1.54, 1.807) is 6.92 Å². The Bertz CT molecular complexity index is 1600. The maximum absolute atomic E-state index is 14.2. The van der Waals surface area contributed by atoms with Crippen LogP contribution in [0.4, 0.5) is 14.5 Å². The van der Waals surface area contributed by atoms with Gasteiger partial charge in [-0.2, -0.15) is 0 Å². The Balaban J connectivity index is 1.49. The summed E-state index contributed by atoms with van der Waals surface area (Å²) in [5.41, 5.74) is 0.623. The van der Waals surface area contributed by atoms with Crippen molar-refractivity contribution in [2.45, 2.75) is 69.0 Å². The molecule has 1 aliphatic heterocycles. The first-order chi connectivity index (χ1) is 21.7. The number of fused-ring (bicyclic) bond motifs is 1. The standard InChI is InChI=1S/C33H37F2N3O6S/c1-2-29(33(40)36-26-6-4-3-5-7-26)37(21-23-8-10-24(34)11-9-23)32(39)22-38(27-14-12-25(35)13-15-27)45(41,42)28-16-17-30-31(20-28)44-19-18-43-30/h8-17,20,26,29H,2-7,18-19,21-22H2,1H3,(H,36,40)/t29-/m0/s1. The molecular formula is C33H37F2N3O6S. The van der Waals surface area contributed by atoms with Gasteiger partial charge in [0.1, 0.15) is 37.4 Å². The number of nitrogens with one attached hydrogen (secondary N) is 1. The minimum Gasteiger partial charge on any atom is -0.486 e. The number of amides is 2. The molecule has 1 atom stereocenters. The van der Waals surface area contributed by atoms with Crippen LogP contribution in [0.5, 0.6) is 11.5 Å². The summed E-state index contributed by atoms with van der Waals surface area (Å²) in [6.07, 6.45) is 5.07. The first-order valence-corrected chi connectivity index (χ1v) is 16.6. The molecule has 1 aliphatic carbocycles. The Morgan fingerprint density at radius 3 is 2.16 bits per heavy atom. The number of anilines is 1. The van der Waals surface area contributed by atoms with E-state index in [4.69, 9.17) is 9.47 Å². The second-order valence-electron chi connectivity index (χ2n) is 11.2. The number of benzene rings is 3. The van der Waals surface area contributed by atoms with Gasteiger partial charge in [-0.3, -0.25) is 13.9 Å². The fraction of sp³-hybridized carbons (Fsp3) is 0.394. The molecule has 1 saturated carbocycles.